The molecule has 0 aliphatic rings. The fraction of sp³-hybridized carbons (Fsp3) is 0.462. The van der Waals surface area contributed by atoms with Gasteiger partial charge in [-0.05, 0) is 19.5 Å². The van der Waals surface area contributed by atoms with E-state index in [-0.39, 0.29) is 17.2 Å². The molecule has 100 valence electrons. The Morgan fingerprint density at radius 3 is 2.44 bits per heavy atom. The molecular formula is C13H20N2O2S. The minimum Gasteiger partial charge on any atom is -0.309 e. The van der Waals surface area contributed by atoms with Crippen molar-refractivity contribution in [3.05, 3.63) is 35.9 Å². The first-order chi connectivity index (χ1) is 8.39. The van der Waals surface area contributed by atoms with Crippen LogP contribution in [0.25, 0.3) is 0 Å². The summed E-state index contributed by atoms with van der Waals surface area (Å²) in [4.78, 5) is 1.98. The van der Waals surface area contributed by atoms with Crippen LogP contribution in [0.15, 0.2) is 30.3 Å². The number of nitrogens with zero attached hydrogens (tertiary/aromatic N) is 1. The van der Waals surface area contributed by atoms with Gasteiger partial charge in [0.25, 0.3) is 0 Å². The largest absolute Gasteiger partial charge is 0.309 e. The van der Waals surface area contributed by atoms with Crippen LogP contribution in [0.5, 0.6) is 0 Å². The molecule has 0 fully saturated rings. The lowest BCUT2D eigenvalue weighted by Gasteiger charge is -2.16. The number of nitrogens with one attached hydrogen (secondary N) is 1. The Balaban J connectivity index is 2.42. The first-order valence-corrected chi connectivity index (χ1v) is 7.68. The monoisotopic (exact) mass is 268 g/mol. The maximum Gasteiger partial charge on any atom is 0.156 e. The predicted octanol–water partition coefficient (Wildman–Crippen LogP) is 1.57. The van der Waals surface area contributed by atoms with Crippen LogP contribution >= 0.6 is 0 Å². The van der Waals surface area contributed by atoms with Crippen molar-refractivity contribution in [2.45, 2.75) is 13.5 Å². The molecule has 1 aromatic rings. The average Bonchev–Trinajstić information content (AvgIpc) is 2.26. The molecule has 4 nitrogen and oxygen atoms in total. The van der Waals surface area contributed by atoms with Crippen molar-refractivity contribution >= 4 is 15.5 Å². The maximum absolute atomic E-state index is 11.6. The molecule has 0 bridgehead atoms. The molecule has 5 heteroatoms. The molecule has 0 aliphatic heterocycles. The topological polar surface area (TPSA) is 61.2 Å². The average molecular weight is 268 g/mol. The van der Waals surface area contributed by atoms with Gasteiger partial charge in [-0.15, -0.1) is 0 Å². The Morgan fingerprint density at radius 1 is 1.28 bits per heavy atom. The van der Waals surface area contributed by atoms with Gasteiger partial charge in [-0.2, -0.15) is 0 Å². The fourth-order valence-electron chi connectivity index (χ4n) is 1.67. The normalized spacial score (nSPS) is 11.7. The number of sulfone groups is 1. The first-order valence-electron chi connectivity index (χ1n) is 5.86. The molecule has 0 aliphatic carbocycles. The third-order valence-corrected chi connectivity index (χ3v) is 4.19. The van der Waals surface area contributed by atoms with Crippen molar-refractivity contribution in [2.75, 3.05) is 25.1 Å². The SMILES string of the molecule is CC(=N)CS(=O)(=O)CCN(C)Cc1ccccc1. The van der Waals surface area contributed by atoms with Gasteiger partial charge in [-0.25, -0.2) is 8.42 Å². The highest BCUT2D eigenvalue weighted by molar-refractivity contribution is 7.92. The molecule has 1 N–H and O–H groups in total. The van der Waals surface area contributed by atoms with Gasteiger partial charge >= 0.3 is 0 Å². The lowest BCUT2D eigenvalue weighted by Crippen LogP contribution is -2.27. The quantitative estimate of drug-likeness (QED) is 0.764. The minimum atomic E-state index is -3.13. The summed E-state index contributed by atoms with van der Waals surface area (Å²) in [6.07, 6.45) is 0. The van der Waals surface area contributed by atoms with E-state index in [0.717, 1.165) is 6.54 Å². The van der Waals surface area contributed by atoms with E-state index in [1.807, 2.05) is 42.3 Å². The Hall–Kier alpha value is -1.20. The van der Waals surface area contributed by atoms with E-state index >= 15 is 0 Å². The minimum absolute atomic E-state index is 0.104. The van der Waals surface area contributed by atoms with Gasteiger partial charge in [0.05, 0.1) is 11.5 Å². The molecule has 0 atom stereocenters. The number of hydrogen-bond acceptors (Lipinski definition) is 4. The summed E-state index contributed by atoms with van der Waals surface area (Å²) >= 11 is 0. The van der Waals surface area contributed by atoms with Crippen LogP contribution in [-0.4, -0.2) is 44.1 Å². The summed E-state index contributed by atoms with van der Waals surface area (Å²) in [6.45, 7) is 2.75. The number of rotatable bonds is 7. The molecule has 0 saturated carbocycles. The summed E-state index contributed by atoms with van der Waals surface area (Å²) in [5.74, 6) is -0.0290. The van der Waals surface area contributed by atoms with Crippen LogP contribution in [-0.2, 0) is 16.4 Å². The van der Waals surface area contributed by atoms with Gasteiger partial charge in [0, 0.05) is 18.8 Å². The molecule has 0 aromatic heterocycles. The lowest BCUT2D eigenvalue weighted by atomic mass is 10.2. The third kappa shape index (κ3) is 5.93. The molecule has 0 spiro atoms. The third-order valence-electron chi connectivity index (χ3n) is 2.52. The zero-order valence-corrected chi connectivity index (χ0v) is 11.7. The molecule has 1 aromatic carbocycles. The van der Waals surface area contributed by atoms with Gasteiger partial charge in [0.1, 0.15) is 0 Å². The van der Waals surface area contributed by atoms with Crippen molar-refractivity contribution < 1.29 is 8.42 Å². The highest BCUT2D eigenvalue weighted by Gasteiger charge is 2.13. The first kappa shape index (κ1) is 14.9. The smallest absolute Gasteiger partial charge is 0.156 e. The van der Waals surface area contributed by atoms with Crippen LogP contribution in [0.4, 0.5) is 0 Å². The molecule has 18 heavy (non-hydrogen) atoms. The van der Waals surface area contributed by atoms with Gasteiger partial charge < -0.3 is 10.3 Å². The summed E-state index contributed by atoms with van der Waals surface area (Å²) in [6, 6.07) is 9.94. The van der Waals surface area contributed by atoms with Crippen molar-refractivity contribution in [2.24, 2.45) is 0 Å². The number of hydrogen-bond donors (Lipinski definition) is 1. The maximum atomic E-state index is 11.6. The molecule has 1 rings (SSSR count). The molecule has 0 unspecified atom stereocenters. The van der Waals surface area contributed by atoms with Crippen molar-refractivity contribution in [1.29, 1.82) is 5.41 Å². The standard InChI is InChI=1S/C13H20N2O2S/c1-12(14)11-18(16,17)9-8-15(2)10-13-6-4-3-5-7-13/h3-7,14H,8-11H2,1-2H3. The molecule has 0 heterocycles. The van der Waals surface area contributed by atoms with Crippen molar-refractivity contribution in [3.63, 3.8) is 0 Å². The highest BCUT2D eigenvalue weighted by atomic mass is 32.2. The van der Waals surface area contributed by atoms with Crippen molar-refractivity contribution in [3.8, 4) is 0 Å². The van der Waals surface area contributed by atoms with E-state index in [0.29, 0.717) is 6.54 Å². The second kappa shape index (κ2) is 6.66. The van der Waals surface area contributed by atoms with Gasteiger partial charge in [-0.3, -0.25) is 0 Å². The van der Waals surface area contributed by atoms with Crippen LogP contribution < -0.4 is 0 Å². The lowest BCUT2D eigenvalue weighted by molar-refractivity contribution is 0.346. The van der Waals surface area contributed by atoms with E-state index in [2.05, 4.69) is 0 Å². The van der Waals surface area contributed by atoms with Gasteiger partial charge in [0.2, 0.25) is 0 Å². The zero-order chi connectivity index (χ0) is 13.6. The molecule has 0 amide bonds. The highest BCUT2D eigenvalue weighted by Crippen LogP contribution is 2.03. The number of benzene rings is 1. The van der Waals surface area contributed by atoms with Crippen LogP contribution in [0.2, 0.25) is 0 Å². The van der Waals surface area contributed by atoms with Crippen LogP contribution in [0.1, 0.15) is 12.5 Å². The Morgan fingerprint density at radius 2 is 1.89 bits per heavy atom. The Kier molecular flexibility index (Phi) is 5.50. The summed E-state index contributed by atoms with van der Waals surface area (Å²) in [5, 5.41) is 7.22. The molecule has 0 saturated heterocycles. The molecule has 0 radical (unpaired) electrons. The summed E-state index contributed by atoms with van der Waals surface area (Å²) in [5.41, 5.74) is 1.36. The molecular weight excluding hydrogens is 248 g/mol. The summed E-state index contributed by atoms with van der Waals surface area (Å²) in [7, 11) is -1.23. The van der Waals surface area contributed by atoms with Crippen LogP contribution in [0.3, 0.4) is 0 Å². The van der Waals surface area contributed by atoms with E-state index in [9.17, 15) is 8.42 Å². The van der Waals surface area contributed by atoms with E-state index in [1.165, 1.54) is 12.5 Å². The van der Waals surface area contributed by atoms with Gasteiger partial charge in [-0.1, -0.05) is 30.3 Å². The second-order valence-corrected chi connectivity index (χ2v) is 6.78. The Labute approximate surface area is 109 Å². The van der Waals surface area contributed by atoms with Crippen molar-refractivity contribution in [1.82, 2.24) is 4.90 Å². The van der Waals surface area contributed by atoms with Gasteiger partial charge in [0.15, 0.2) is 9.84 Å². The van der Waals surface area contributed by atoms with E-state index < -0.39 is 9.84 Å². The second-order valence-electron chi connectivity index (χ2n) is 4.60. The fourth-order valence-corrected chi connectivity index (χ4v) is 3.07. The Bertz CT molecular complexity index is 483. The predicted molar refractivity (Wildman–Crippen MR) is 74.8 cm³/mol. The summed E-state index contributed by atoms with van der Waals surface area (Å²) < 4.78 is 23.3. The van der Waals surface area contributed by atoms with E-state index in [1.54, 1.807) is 0 Å². The van der Waals surface area contributed by atoms with E-state index in [4.69, 9.17) is 5.41 Å². The van der Waals surface area contributed by atoms with Crippen LogP contribution in [0, 0.1) is 5.41 Å². The zero-order valence-electron chi connectivity index (χ0n) is 10.9.